The van der Waals surface area contributed by atoms with Gasteiger partial charge < -0.3 is 20.0 Å². The third kappa shape index (κ3) is 4.47. The lowest BCUT2D eigenvalue weighted by molar-refractivity contribution is 0.0526. The number of benzene rings is 1. The Balaban J connectivity index is 1.90. The van der Waals surface area contributed by atoms with Gasteiger partial charge in [0.2, 0.25) is 0 Å². The van der Waals surface area contributed by atoms with E-state index in [2.05, 4.69) is 5.10 Å². The highest BCUT2D eigenvalue weighted by molar-refractivity contribution is 5.91. The van der Waals surface area contributed by atoms with Crippen molar-refractivity contribution in [2.24, 2.45) is 0 Å². The molecule has 0 aliphatic heterocycles. The molecule has 2 aromatic heterocycles. The molecule has 9 nitrogen and oxygen atoms in total. The van der Waals surface area contributed by atoms with Crippen LogP contribution in [0.25, 0.3) is 23.0 Å². The number of carbonyl (C=O) groups excluding carboxylic acids is 1. The molecule has 0 aliphatic carbocycles. The van der Waals surface area contributed by atoms with Crippen LogP contribution in [-0.4, -0.2) is 34.1 Å². The predicted octanol–water partition coefficient (Wildman–Crippen LogP) is 2.83. The van der Waals surface area contributed by atoms with Gasteiger partial charge >= 0.3 is 5.97 Å². The average Bonchev–Trinajstić information content (AvgIpc) is 3.37. The molecule has 0 saturated heterocycles. The molecule has 1 aromatic carbocycles. The maximum Gasteiger partial charge on any atom is 0.338 e. The number of ether oxygens (including phenoxy) is 1. The summed E-state index contributed by atoms with van der Waals surface area (Å²) in [5.74, 6) is 0.587. The van der Waals surface area contributed by atoms with Crippen molar-refractivity contribution in [1.29, 1.82) is 10.5 Å². The first-order chi connectivity index (χ1) is 15.0. The van der Waals surface area contributed by atoms with Gasteiger partial charge in [0.05, 0.1) is 30.9 Å². The Kier molecular flexibility index (Phi) is 6.51. The second-order valence-corrected chi connectivity index (χ2v) is 6.34. The number of nitriles is 2. The van der Waals surface area contributed by atoms with E-state index in [9.17, 15) is 15.3 Å². The minimum absolute atomic E-state index is 0.0579. The number of hydrogen-bond donors (Lipinski definition) is 2. The summed E-state index contributed by atoms with van der Waals surface area (Å²) in [6.07, 6.45) is 1.46. The zero-order chi connectivity index (χ0) is 22.4. The van der Waals surface area contributed by atoms with Gasteiger partial charge in [0.25, 0.3) is 0 Å². The van der Waals surface area contributed by atoms with Gasteiger partial charge in [-0.2, -0.15) is 15.6 Å². The number of aromatic nitrogens is 2. The number of allylic oxidation sites excluding steroid dienone is 1. The smallest absolute Gasteiger partial charge is 0.338 e. The van der Waals surface area contributed by atoms with Crippen LogP contribution >= 0.6 is 0 Å². The average molecular weight is 417 g/mol. The highest BCUT2D eigenvalue weighted by Gasteiger charge is 2.19. The van der Waals surface area contributed by atoms with Crippen LogP contribution in [0.15, 0.2) is 40.8 Å². The molecule has 2 heterocycles. The lowest BCUT2D eigenvalue weighted by Crippen LogP contribution is -2.07. The summed E-state index contributed by atoms with van der Waals surface area (Å²) in [5.41, 5.74) is 7.34. The fraction of sp³-hybridized carbons (Fsp3) is 0.182. The van der Waals surface area contributed by atoms with Crippen LogP contribution in [0.4, 0.5) is 5.82 Å². The van der Waals surface area contributed by atoms with Gasteiger partial charge in [-0.25, -0.2) is 9.48 Å². The molecule has 0 amide bonds. The molecule has 0 atom stereocenters. The van der Waals surface area contributed by atoms with Crippen molar-refractivity contribution in [3.8, 4) is 23.5 Å². The number of hydrogen-bond acceptors (Lipinski definition) is 8. The Bertz CT molecular complexity index is 1210. The largest absolute Gasteiger partial charge is 0.462 e. The van der Waals surface area contributed by atoms with Gasteiger partial charge in [-0.15, -0.1) is 0 Å². The quantitative estimate of drug-likeness (QED) is 0.440. The Morgan fingerprint density at radius 2 is 2.03 bits per heavy atom. The number of furan rings is 1. The van der Waals surface area contributed by atoms with Crippen LogP contribution in [0.3, 0.4) is 0 Å². The highest BCUT2D eigenvalue weighted by atomic mass is 16.5. The van der Waals surface area contributed by atoms with E-state index in [1.54, 1.807) is 43.3 Å². The van der Waals surface area contributed by atoms with E-state index in [4.69, 9.17) is 20.0 Å². The van der Waals surface area contributed by atoms with E-state index < -0.39 is 5.97 Å². The summed E-state index contributed by atoms with van der Waals surface area (Å²) in [4.78, 5) is 11.8. The second-order valence-electron chi connectivity index (χ2n) is 6.34. The van der Waals surface area contributed by atoms with Crippen LogP contribution in [-0.2, 0) is 11.3 Å². The minimum atomic E-state index is -0.399. The number of aliphatic hydroxyl groups excluding tert-OH is 1. The Morgan fingerprint density at radius 1 is 1.29 bits per heavy atom. The summed E-state index contributed by atoms with van der Waals surface area (Å²) in [7, 11) is 0. The van der Waals surface area contributed by atoms with Gasteiger partial charge in [-0.1, -0.05) is 12.1 Å². The van der Waals surface area contributed by atoms with Crippen LogP contribution in [0.2, 0.25) is 0 Å². The van der Waals surface area contributed by atoms with Gasteiger partial charge in [0.15, 0.2) is 0 Å². The van der Waals surface area contributed by atoms with E-state index in [1.165, 1.54) is 10.8 Å². The summed E-state index contributed by atoms with van der Waals surface area (Å²) >= 11 is 0. The molecule has 31 heavy (non-hydrogen) atoms. The molecule has 156 valence electrons. The molecule has 0 aliphatic rings. The molecule has 3 rings (SSSR count). The number of nitrogens with two attached hydrogens (primary N) is 1. The summed E-state index contributed by atoms with van der Waals surface area (Å²) in [5, 5.41) is 32.3. The first kappa shape index (κ1) is 21.4. The number of nitrogen functional groups attached to an aromatic ring is 1. The monoisotopic (exact) mass is 417 g/mol. The van der Waals surface area contributed by atoms with Crippen molar-refractivity contribution >= 4 is 23.4 Å². The van der Waals surface area contributed by atoms with Gasteiger partial charge in [0.1, 0.15) is 40.7 Å². The molecule has 0 spiro atoms. The van der Waals surface area contributed by atoms with Crippen LogP contribution in [0.5, 0.6) is 0 Å². The van der Waals surface area contributed by atoms with Crippen molar-refractivity contribution in [3.63, 3.8) is 0 Å². The first-order valence-corrected chi connectivity index (χ1v) is 9.39. The van der Waals surface area contributed by atoms with E-state index in [1.807, 2.05) is 12.1 Å². The lowest BCUT2D eigenvalue weighted by Gasteiger charge is -2.02. The number of rotatable bonds is 7. The van der Waals surface area contributed by atoms with Crippen molar-refractivity contribution in [2.75, 3.05) is 18.9 Å². The third-order valence-electron chi connectivity index (χ3n) is 4.38. The topological polar surface area (TPSA) is 151 Å². The van der Waals surface area contributed by atoms with Crippen LogP contribution in [0.1, 0.15) is 34.3 Å². The standard InChI is InChI=1S/C22H19N5O4/c1-2-30-22(29)15-5-3-14(4-6-15)19-8-7-17(31-19)11-16(12-23)20-18(13-24)21(25)27(26-20)9-10-28/h3-8,11,28H,2,9-10,25H2,1H3. The molecular formula is C22H19N5O4. The molecule has 3 aromatic rings. The molecular weight excluding hydrogens is 398 g/mol. The molecule has 0 bridgehead atoms. The maximum atomic E-state index is 11.8. The second kappa shape index (κ2) is 9.44. The van der Waals surface area contributed by atoms with E-state index in [-0.39, 0.29) is 35.8 Å². The number of esters is 1. The lowest BCUT2D eigenvalue weighted by atomic mass is 10.1. The van der Waals surface area contributed by atoms with Crippen molar-refractivity contribution in [1.82, 2.24) is 9.78 Å². The SMILES string of the molecule is CCOC(=O)c1ccc(-c2ccc(C=C(C#N)c3nn(CCO)c(N)c3C#N)o2)cc1. The molecule has 0 saturated carbocycles. The molecule has 0 fully saturated rings. The molecule has 0 unspecified atom stereocenters. The number of nitrogens with zero attached hydrogens (tertiary/aromatic N) is 4. The normalized spacial score (nSPS) is 11.0. The van der Waals surface area contributed by atoms with Crippen molar-refractivity contribution in [2.45, 2.75) is 13.5 Å². The molecule has 0 radical (unpaired) electrons. The van der Waals surface area contributed by atoms with Gasteiger partial charge in [0, 0.05) is 11.6 Å². The van der Waals surface area contributed by atoms with Crippen LogP contribution < -0.4 is 5.73 Å². The predicted molar refractivity (Wildman–Crippen MR) is 112 cm³/mol. The van der Waals surface area contributed by atoms with E-state index >= 15 is 0 Å². The third-order valence-corrected chi connectivity index (χ3v) is 4.38. The number of aliphatic hydroxyl groups is 1. The van der Waals surface area contributed by atoms with E-state index in [0.29, 0.717) is 23.7 Å². The van der Waals surface area contributed by atoms with Gasteiger partial charge in [-0.05, 0) is 31.2 Å². The zero-order valence-electron chi connectivity index (χ0n) is 16.7. The number of carbonyl (C=O) groups is 1. The van der Waals surface area contributed by atoms with Gasteiger partial charge in [-0.3, -0.25) is 0 Å². The van der Waals surface area contributed by atoms with Crippen molar-refractivity contribution in [3.05, 3.63) is 59.0 Å². The fourth-order valence-corrected chi connectivity index (χ4v) is 2.91. The molecule has 3 N–H and O–H groups in total. The first-order valence-electron chi connectivity index (χ1n) is 9.39. The van der Waals surface area contributed by atoms with Crippen molar-refractivity contribution < 1.29 is 19.1 Å². The van der Waals surface area contributed by atoms with Crippen LogP contribution in [0, 0.1) is 22.7 Å². The highest BCUT2D eigenvalue weighted by Crippen LogP contribution is 2.28. The number of anilines is 1. The van der Waals surface area contributed by atoms with E-state index in [0.717, 1.165) is 5.56 Å². The Morgan fingerprint density at radius 3 is 2.65 bits per heavy atom. The Labute approximate surface area is 178 Å². The fourth-order valence-electron chi connectivity index (χ4n) is 2.91. The molecule has 9 heteroatoms. The maximum absolute atomic E-state index is 11.8. The Hall–Kier alpha value is -4.34. The minimum Gasteiger partial charge on any atom is -0.462 e. The summed E-state index contributed by atoms with van der Waals surface area (Å²) in [6.45, 7) is 1.93. The zero-order valence-corrected chi connectivity index (χ0v) is 16.7. The summed E-state index contributed by atoms with van der Waals surface area (Å²) in [6, 6.07) is 14.1. The summed E-state index contributed by atoms with van der Waals surface area (Å²) < 4.78 is 12.0.